The van der Waals surface area contributed by atoms with Crippen molar-refractivity contribution in [1.82, 2.24) is 20.1 Å². The molecule has 0 amide bonds. The Morgan fingerprint density at radius 3 is 2.90 bits per heavy atom. The van der Waals surface area contributed by atoms with Crippen LogP contribution in [0.5, 0.6) is 0 Å². The molecule has 0 aliphatic carbocycles. The third kappa shape index (κ3) is 4.73. The molecule has 1 aliphatic heterocycles. The summed E-state index contributed by atoms with van der Waals surface area (Å²) in [6, 6.07) is 4.11. The van der Waals surface area contributed by atoms with Gasteiger partial charge in [-0.2, -0.15) is 0 Å². The Kier molecular flexibility index (Phi) is 6.08. The molecule has 0 saturated carbocycles. The predicted molar refractivity (Wildman–Crippen MR) is 83.8 cm³/mol. The highest BCUT2D eigenvalue weighted by atomic mass is 19.1. The fourth-order valence-electron chi connectivity index (χ4n) is 3.15. The third-order valence-electron chi connectivity index (χ3n) is 4.24. The number of likely N-dealkylation sites (N-methyl/N-ethyl adjacent to an activating group) is 1. The van der Waals surface area contributed by atoms with Crippen LogP contribution in [0.3, 0.4) is 0 Å². The first kappa shape index (κ1) is 16.3. The number of halogens is 1. The number of hydrogen-bond acceptors (Lipinski definition) is 4. The lowest BCUT2D eigenvalue weighted by atomic mass is 10.1. The highest BCUT2D eigenvalue weighted by molar-refractivity contribution is 5.09. The molecule has 4 nitrogen and oxygen atoms in total. The van der Waals surface area contributed by atoms with E-state index >= 15 is 0 Å². The van der Waals surface area contributed by atoms with Crippen LogP contribution in [0.15, 0.2) is 18.3 Å². The van der Waals surface area contributed by atoms with Crippen molar-refractivity contribution >= 4 is 0 Å². The van der Waals surface area contributed by atoms with Crippen molar-refractivity contribution in [1.29, 1.82) is 0 Å². The van der Waals surface area contributed by atoms with E-state index in [0.29, 0.717) is 6.04 Å². The van der Waals surface area contributed by atoms with E-state index in [4.69, 9.17) is 0 Å². The van der Waals surface area contributed by atoms with E-state index in [1.54, 1.807) is 6.07 Å². The van der Waals surface area contributed by atoms with E-state index in [1.165, 1.54) is 31.6 Å². The summed E-state index contributed by atoms with van der Waals surface area (Å²) in [5, 5.41) is 3.30. The summed E-state index contributed by atoms with van der Waals surface area (Å²) in [4.78, 5) is 9.04. The van der Waals surface area contributed by atoms with Gasteiger partial charge in [0.15, 0.2) is 0 Å². The predicted octanol–water partition coefficient (Wildman–Crippen LogP) is 1.90. The van der Waals surface area contributed by atoms with Gasteiger partial charge in [0, 0.05) is 19.1 Å². The normalized spacial score (nSPS) is 21.1. The summed E-state index contributed by atoms with van der Waals surface area (Å²) in [5.41, 5.74) is 0.919. The number of pyridine rings is 1. The highest BCUT2D eigenvalue weighted by Crippen LogP contribution is 2.21. The molecule has 1 N–H and O–H groups in total. The molecule has 2 heterocycles. The minimum absolute atomic E-state index is 0.186. The molecular formula is C16H27FN4. The van der Waals surface area contributed by atoms with E-state index in [9.17, 15) is 4.39 Å². The van der Waals surface area contributed by atoms with Gasteiger partial charge in [-0.05, 0) is 59.1 Å². The second-order valence-electron chi connectivity index (χ2n) is 6.13. The molecule has 1 fully saturated rings. The molecule has 118 valence electrons. The maximum Gasteiger partial charge on any atom is 0.141 e. The zero-order chi connectivity index (χ0) is 15.2. The molecule has 2 rings (SSSR count). The van der Waals surface area contributed by atoms with Crippen molar-refractivity contribution in [2.75, 3.05) is 40.8 Å². The number of nitrogens with zero attached hydrogens (tertiary/aromatic N) is 3. The molecule has 0 spiro atoms. The van der Waals surface area contributed by atoms with E-state index in [-0.39, 0.29) is 11.9 Å². The maximum absolute atomic E-state index is 13.0. The molecular weight excluding hydrogens is 267 g/mol. The van der Waals surface area contributed by atoms with E-state index in [2.05, 4.69) is 34.2 Å². The van der Waals surface area contributed by atoms with Crippen molar-refractivity contribution in [3.05, 3.63) is 29.8 Å². The van der Waals surface area contributed by atoms with Gasteiger partial charge in [0.1, 0.15) is 5.82 Å². The highest BCUT2D eigenvalue weighted by Gasteiger charge is 2.25. The molecule has 21 heavy (non-hydrogen) atoms. The second-order valence-corrected chi connectivity index (χ2v) is 6.13. The largest absolute Gasteiger partial charge is 0.312 e. The van der Waals surface area contributed by atoms with Gasteiger partial charge in [-0.1, -0.05) is 0 Å². The molecule has 0 aromatic carbocycles. The van der Waals surface area contributed by atoms with Gasteiger partial charge in [0.05, 0.1) is 17.9 Å². The van der Waals surface area contributed by atoms with Gasteiger partial charge in [-0.15, -0.1) is 0 Å². The smallest absolute Gasteiger partial charge is 0.141 e. The Morgan fingerprint density at radius 2 is 2.29 bits per heavy atom. The Balaban J connectivity index is 1.89. The van der Waals surface area contributed by atoms with Crippen molar-refractivity contribution < 1.29 is 4.39 Å². The first-order valence-corrected chi connectivity index (χ1v) is 7.77. The van der Waals surface area contributed by atoms with Crippen molar-refractivity contribution in [2.45, 2.75) is 31.3 Å². The van der Waals surface area contributed by atoms with E-state index < -0.39 is 0 Å². The molecule has 0 bridgehead atoms. The standard InChI is InChI=1S/C16H27FN4/c1-18-15(16-7-6-13(17)11-19-16)8-10-21-9-4-5-14(21)12-20(2)3/h6-7,11,14-15,18H,4-5,8-10,12H2,1-3H3. The lowest BCUT2D eigenvalue weighted by Crippen LogP contribution is -2.39. The molecule has 0 radical (unpaired) electrons. The van der Waals surface area contributed by atoms with Gasteiger partial charge in [-0.3, -0.25) is 9.88 Å². The molecule has 1 aromatic rings. The van der Waals surface area contributed by atoms with Gasteiger partial charge >= 0.3 is 0 Å². The Morgan fingerprint density at radius 1 is 1.48 bits per heavy atom. The van der Waals surface area contributed by atoms with Gasteiger partial charge in [0.2, 0.25) is 0 Å². The van der Waals surface area contributed by atoms with Crippen LogP contribution in [-0.2, 0) is 0 Å². The maximum atomic E-state index is 13.0. The monoisotopic (exact) mass is 294 g/mol. The van der Waals surface area contributed by atoms with Crippen LogP contribution in [0.2, 0.25) is 0 Å². The molecule has 2 atom stereocenters. The van der Waals surface area contributed by atoms with Crippen LogP contribution in [0.1, 0.15) is 31.0 Å². The first-order valence-electron chi connectivity index (χ1n) is 7.77. The third-order valence-corrected chi connectivity index (χ3v) is 4.24. The number of hydrogen-bond donors (Lipinski definition) is 1. The van der Waals surface area contributed by atoms with Crippen molar-refractivity contribution in [3.63, 3.8) is 0 Å². The molecule has 1 saturated heterocycles. The summed E-state index contributed by atoms with van der Waals surface area (Å²) >= 11 is 0. The molecule has 1 aromatic heterocycles. The number of likely N-dealkylation sites (tertiary alicyclic amines) is 1. The Hall–Kier alpha value is -1.04. The lowest BCUT2D eigenvalue weighted by molar-refractivity contribution is 0.199. The fraction of sp³-hybridized carbons (Fsp3) is 0.688. The molecule has 1 aliphatic rings. The lowest BCUT2D eigenvalue weighted by Gasteiger charge is -2.28. The summed E-state index contributed by atoms with van der Waals surface area (Å²) in [6.07, 6.45) is 4.87. The van der Waals surface area contributed by atoms with Crippen LogP contribution >= 0.6 is 0 Å². The second kappa shape index (κ2) is 7.82. The van der Waals surface area contributed by atoms with E-state index in [1.807, 2.05) is 7.05 Å². The Labute approximate surface area is 127 Å². The van der Waals surface area contributed by atoms with Crippen molar-refractivity contribution in [3.8, 4) is 0 Å². The molecule has 2 unspecified atom stereocenters. The summed E-state index contributed by atoms with van der Waals surface area (Å²) in [5.74, 6) is -0.279. The zero-order valence-electron chi connectivity index (χ0n) is 13.3. The zero-order valence-corrected chi connectivity index (χ0v) is 13.3. The van der Waals surface area contributed by atoms with Gasteiger partial charge < -0.3 is 10.2 Å². The quantitative estimate of drug-likeness (QED) is 0.832. The summed E-state index contributed by atoms with van der Waals surface area (Å²) in [7, 11) is 6.21. The van der Waals surface area contributed by atoms with E-state index in [0.717, 1.165) is 25.2 Å². The van der Waals surface area contributed by atoms with Crippen LogP contribution in [0.25, 0.3) is 0 Å². The topological polar surface area (TPSA) is 31.4 Å². The van der Waals surface area contributed by atoms with Crippen LogP contribution in [0.4, 0.5) is 4.39 Å². The van der Waals surface area contributed by atoms with Crippen LogP contribution in [0, 0.1) is 5.82 Å². The van der Waals surface area contributed by atoms with Crippen molar-refractivity contribution in [2.24, 2.45) is 0 Å². The molecule has 5 heteroatoms. The average molecular weight is 294 g/mol. The summed E-state index contributed by atoms with van der Waals surface area (Å²) < 4.78 is 13.0. The van der Waals surface area contributed by atoms with Gasteiger partial charge in [-0.25, -0.2) is 4.39 Å². The SMILES string of the molecule is CNC(CCN1CCCC1CN(C)C)c1ccc(F)cn1. The number of nitrogens with one attached hydrogen (secondary N) is 1. The Bertz CT molecular complexity index is 421. The fourth-order valence-corrected chi connectivity index (χ4v) is 3.15. The minimum atomic E-state index is -0.279. The first-order chi connectivity index (χ1) is 10.1. The van der Waals surface area contributed by atoms with Crippen LogP contribution < -0.4 is 5.32 Å². The minimum Gasteiger partial charge on any atom is -0.312 e. The number of aromatic nitrogens is 1. The van der Waals surface area contributed by atoms with Crippen LogP contribution in [-0.4, -0.2) is 61.6 Å². The van der Waals surface area contributed by atoms with Gasteiger partial charge in [0.25, 0.3) is 0 Å². The summed E-state index contributed by atoms with van der Waals surface area (Å²) in [6.45, 7) is 3.37. The average Bonchev–Trinajstić information content (AvgIpc) is 2.88. The number of rotatable bonds is 7.